The lowest BCUT2D eigenvalue weighted by Crippen LogP contribution is -2.17. The zero-order chi connectivity index (χ0) is 13.8. The predicted octanol–water partition coefficient (Wildman–Crippen LogP) is 3.07. The first-order chi connectivity index (χ1) is 9.08. The number of pyridine rings is 1. The molecule has 0 amide bonds. The summed E-state index contributed by atoms with van der Waals surface area (Å²) in [4.78, 5) is 16.8. The second-order valence-corrected chi connectivity index (χ2v) is 4.60. The summed E-state index contributed by atoms with van der Waals surface area (Å²) < 4.78 is 0. The van der Waals surface area contributed by atoms with E-state index in [-0.39, 0.29) is 5.56 Å². The number of benzene rings is 1. The smallest absolute Gasteiger partial charge is 0.335 e. The van der Waals surface area contributed by atoms with E-state index in [0.717, 1.165) is 11.3 Å². The van der Waals surface area contributed by atoms with Crippen LogP contribution in [0.1, 0.15) is 15.9 Å². The molecule has 0 bridgehead atoms. The van der Waals surface area contributed by atoms with Crippen LogP contribution in [-0.4, -0.2) is 23.1 Å². The Hall–Kier alpha value is -2.07. The molecule has 2 rings (SSSR count). The molecule has 2 aromatic rings. The highest BCUT2D eigenvalue weighted by molar-refractivity contribution is 6.33. The molecule has 1 aromatic heterocycles. The maximum atomic E-state index is 10.8. The number of hydrogen-bond acceptors (Lipinski definition) is 3. The number of halogens is 1. The molecule has 19 heavy (non-hydrogen) atoms. The molecule has 4 nitrogen and oxygen atoms in total. The molecule has 1 N–H and O–H groups in total. The van der Waals surface area contributed by atoms with Crippen molar-refractivity contribution in [2.75, 3.05) is 11.9 Å². The van der Waals surface area contributed by atoms with E-state index in [1.54, 1.807) is 24.5 Å². The van der Waals surface area contributed by atoms with Gasteiger partial charge >= 0.3 is 5.97 Å². The van der Waals surface area contributed by atoms with Crippen LogP contribution in [0.25, 0.3) is 0 Å². The first kappa shape index (κ1) is 13.4. The standard InChI is InChI=1S/C14H13ClN2O2/c1-17(9-10-3-2-6-16-8-10)13-5-4-11(14(18)19)7-12(13)15/h2-8H,9H2,1H3,(H,18,19). The number of aromatic carboxylic acids is 1. The summed E-state index contributed by atoms with van der Waals surface area (Å²) in [6, 6.07) is 8.56. The van der Waals surface area contributed by atoms with E-state index in [9.17, 15) is 4.79 Å². The van der Waals surface area contributed by atoms with Gasteiger partial charge in [-0.25, -0.2) is 4.79 Å². The van der Waals surface area contributed by atoms with Gasteiger partial charge in [-0.2, -0.15) is 0 Å². The van der Waals surface area contributed by atoms with Gasteiger partial charge in [0.2, 0.25) is 0 Å². The quantitative estimate of drug-likeness (QED) is 0.932. The Morgan fingerprint density at radius 2 is 2.21 bits per heavy atom. The molecule has 0 unspecified atom stereocenters. The van der Waals surface area contributed by atoms with Crippen molar-refractivity contribution in [3.05, 3.63) is 58.9 Å². The van der Waals surface area contributed by atoms with E-state index < -0.39 is 5.97 Å². The largest absolute Gasteiger partial charge is 0.478 e. The second-order valence-electron chi connectivity index (χ2n) is 4.19. The van der Waals surface area contributed by atoms with E-state index >= 15 is 0 Å². The molecule has 0 aliphatic rings. The van der Waals surface area contributed by atoms with E-state index in [0.29, 0.717) is 11.6 Å². The Bertz CT molecular complexity index is 587. The molecule has 0 aliphatic heterocycles. The van der Waals surface area contributed by atoms with Gasteiger partial charge < -0.3 is 10.0 Å². The molecule has 0 fully saturated rings. The number of carbonyl (C=O) groups is 1. The van der Waals surface area contributed by atoms with Crippen LogP contribution in [0.3, 0.4) is 0 Å². The minimum absolute atomic E-state index is 0.184. The summed E-state index contributed by atoms with van der Waals surface area (Å²) in [6.45, 7) is 0.653. The van der Waals surface area contributed by atoms with Crippen LogP contribution in [0.5, 0.6) is 0 Å². The van der Waals surface area contributed by atoms with E-state index in [1.807, 2.05) is 24.1 Å². The van der Waals surface area contributed by atoms with E-state index in [4.69, 9.17) is 16.7 Å². The predicted molar refractivity (Wildman–Crippen MR) is 74.8 cm³/mol. The molecule has 0 radical (unpaired) electrons. The Morgan fingerprint density at radius 1 is 1.42 bits per heavy atom. The minimum Gasteiger partial charge on any atom is -0.478 e. The third-order valence-electron chi connectivity index (χ3n) is 2.75. The number of carboxylic acids is 1. The molecular weight excluding hydrogens is 264 g/mol. The van der Waals surface area contributed by atoms with Crippen LogP contribution in [0, 0.1) is 0 Å². The van der Waals surface area contributed by atoms with Gasteiger partial charge in [0, 0.05) is 26.0 Å². The summed E-state index contributed by atoms with van der Waals surface area (Å²) in [5.41, 5.74) is 2.03. The number of carboxylic acid groups (broad SMARTS) is 1. The average molecular weight is 277 g/mol. The lowest BCUT2D eigenvalue weighted by molar-refractivity contribution is 0.0697. The van der Waals surface area contributed by atoms with Gasteiger partial charge in [0.15, 0.2) is 0 Å². The fraction of sp³-hybridized carbons (Fsp3) is 0.143. The Labute approximate surface area is 116 Å². The lowest BCUT2D eigenvalue weighted by atomic mass is 10.2. The maximum absolute atomic E-state index is 10.8. The molecule has 1 heterocycles. The van der Waals surface area contributed by atoms with Crippen LogP contribution < -0.4 is 4.90 Å². The molecule has 0 spiro atoms. The molecule has 98 valence electrons. The molecular formula is C14H13ClN2O2. The van der Waals surface area contributed by atoms with Gasteiger partial charge in [-0.15, -0.1) is 0 Å². The third kappa shape index (κ3) is 3.23. The monoisotopic (exact) mass is 276 g/mol. The SMILES string of the molecule is CN(Cc1cccnc1)c1ccc(C(=O)O)cc1Cl. The van der Waals surface area contributed by atoms with Gasteiger partial charge in [-0.1, -0.05) is 17.7 Å². The molecule has 0 atom stereocenters. The first-order valence-corrected chi connectivity index (χ1v) is 6.08. The summed E-state index contributed by atoms with van der Waals surface area (Å²) in [6.07, 6.45) is 3.51. The van der Waals surface area contributed by atoms with Gasteiger partial charge in [0.05, 0.1) is 16.3 Å². The highest BCUT2D eigenvalue weighted by Crippen LogP contribution is 2.27. The zero-order valence-electron chi connectivity index (χ0n) is 10.4. The average Bonchev–Trinajstić information content (AvgIpc) is 2.39. The van der Waals surface area contributed by atoms with Crippen molar-refractivity contribution in [1.29, 1.82) is 0 Å². The van der Waals surface area contributed by atoms with Crippen molar-refractivity contribution in [3.63, 3.8) is 0 Å². The first-order valence-electron chi connectivity index (χ1n) is 5.71. The van der Waals surface area contributed by atoms with Crippen LogP contribution in [-0.2, 0) is 6.54 Å². The molecule has 0 saturated heterocycles. The van der Waals surface area contributed by atoms with Crippen molar-refractivity contribution in [3.8, 4) is 0 Å². The summed E-state index contributed by atoms with van der Waals surface area (Å²) in [5.74, 6) is -0.983. The second kappa shape index (κ2) is 5.71. The van der Waals surface area contributed by atoms with Gasteiger partial charge in [-0.3, -0.25) is 4.98 Å². The van der Waals surface area contributed by atoms with Gasteiger partial charge in [0.25, 0.3) is 0 Å². The van der Waals surface area contributed by atoms with Gasteiger partial charge in [0.1, 0.15) is 0 Å². The van der Waals surface area contributed by atoms with Crippen molar-refractivity contribution >= 4 is 23.3 Å². The number of hydrogen-bond donors (Lipinski definition) is 1. The van der Waals surface area contributed by atoms with Crippen LogP contribution >= 0.6 is 11.6 Å². The third-order valence-corrected chi connectivity index (χ3v) is 3.05. The molecule has 0 saturated carbocycles. The number of aromatic nitrogens is 1. The summed E-state index contributed by atoms with van der Waals surface area (Å²) in [7, 11) is 1.90. The normalized spacial score (nSPS) is 10.2. The number of anilines is 1. The van der Waals surface area contributed by atoms with Crippen molar-refractivity contribution in [2.45, 2.75) is 6.54 Å². The Morgan fingerprint density at radius 3 is 2.79 bits per heavy atom. The van der Waals surface area contributed by atoms with E-state index in [2.05, 4.69) is 4.98 Å². The van der Waals surface area contributed by atoms with E-state index in [1.165, 1.54) is 6.07 Å². The summed E-state index contributed by atoms with van der Waals surface area (Å²) >= 11 is 6.11. The Kier molecular flexibility index (Phi) is 4.02. The van der Waals surface area contributed by atoms with Crippen molar-refractivity contribution in [2.24, 2.45) is 0 Å². The fourth-order valence-electron chi connectivity index (χ4n) is 1.80. The molecule has 1 aromatic carbocycles. The highest BCUT2D eigenvalue weighted by Gasteiger charge is 2.10. The summed E-state index contributed by atoms with van der Waals surface area (Å²) in [5, 5.41) is 9.32. The van der Waals surface area contributed by atoms with Crippen LogP contribution in [0.4, 0.5) is 5.69 Å². The number of rotatable bonds is 4. The molecule has 5 heteroatoms. The highest BCUT2D eigenvalue weighted by atomic mass is 35.5. The lowest BCUT2D eigenvalue weighted by Gasteiger charge is -2.20. The van der Waals surface area contributed by atoms with Crippen LogP contribution in [0.2, 0.25) is 5.02 Å². The minimum atomic E-state index is -0.983. The maximum Gasteiger partial charge on any atom is 0.335 e. The topological polar surface area (TPSA) is 53.4 Å². The van der Waals surface area contributed by atoms with Crippen LogP contribution in [0.15, 0.2) is 42.7 Å². The number of nitrogens with zero attached hydrogens (tertiary/aromatic N) is 2. The van der Waals surface area contributed by atoms with Crippen molar-refractivity contribution in [1.82, 2.24) is 4.98 Å². The van der Waals surface area contributed by atoms with Crippen molar-refractivity contribution < 1.29 is 9.90 Å². The Balaban J connectivity index is 2.20. The zero-order valence-corrected chi connectivity index (χ0v) is 11.1. The fourth-order valence-corrected chi connectivity index (χ4v) is 2.13. The van der Waals surface area contributed by atoms with Gasteiger partial charge in [-0.05, 0) is 29.8 Å². The molecule has 0 aliphatic carbocycles.